The lowest BCUT2D eigenvalue weighted by Crippen LogP contribution is -2.64. The van der Waals surface area contributed by atoms with Crippen molar-refractivity contribution in [3.63, 3.8) is 0 Å². The van der Waals surface area contributed by atoms with E-state index in [0.717, 1.165) is 38.8 Å². The first-order valence-electron chi connectivity index (χ1n) is 15.1. The van der Waals surface area contributed by atoms with E-state index in [1.807, 2.05) is 72.8 Å². The summed E-state index contributed by atoms with van der Waals surface area (Å²) in [6.07, 6.45) is -4.74. The van der Waals surface area contributed by atoms with E-state index in [9.17, 15) is 34.2 Å². The number of ether oxygens (including phenoxy) is 6. The van der Waals surface area contributed by atoms with Crippen LogP contribution in [0.3, 0.4) is 0 Å². The second-order valence-corrected chi connectivity index (χ2v) is 11.1. The van der Waals surface area contributed by atoms with Crippen LogP contribution in [0.4, 0.5) is 0 Å². The van der Waals surface area contributed by atoms with Crippen molar-refractivity contribution in [2.24, 2.45) is 0 Å². The Hall–Kier alpha value is -5.21. The van der Waals surface area contributed by atoms with Gasteiger partial charge in [0.25, 0.3) is 5.78 Å². The molecule has 13 heteroatoms. The highest BCUT2D eigenvalue weighted by atomic mass is 16.8. The fourth-order valence-corrected chi connectivity index (χ4v) is 5.12. The molecule has 1 saturated heterocycles. The summed E-state index contributed by atoms with van der Waals surface area (Å²) in [5.41, 5.74) is 1.51. The van der Waals surface area contributed by atoms with Crippen molar-refractivity contribution in [2.45, 2.75) is 64.4 Å². The van der Waals surface area contributed by atoms with Gasteiger partial charge in [0.2, 0.25) is 6.29 Å². The third-order valence-electron chi connectivity index (χ3n) is 7.12. The highest BCUT2D eigenvalue weighted by molar-refractivity contribution is 6.00. The molecule has 13 nitrogen and oxygen atoms in total. The molecule has 0 bridgehead atoms. The average molecular weight is 677 g/mol. The van der Waals surface area contributed by atoms with E-state index in [2.05, 4.69) is 0 Å². The predicted octanol–water partition coefficient (Wildman–Crippen LogP) is 1.26. The number of carbonyl (C=O) groups is 5. The first-order valence-corrected chi connectivity index (χ1v) is 15.1. The summed E-state index contributed by atoms with van der Waals surface area (Å²) in [5.74, 6) is -8.40. The third-order valence-corrected chi connectivity index (χ3v) is 7.12. The SMILES string of the molecule is CC(=O)OC[C@H]1O[C@@H](OC(O)(O)C(=O)c2ccc(=Cc3ccccc3)c(=Cc3ccccc3)c2)[C@H](OC(C)=O)[C@@H](OC(C)=O)[C@@H]1OC(C)=O. The lowest BCUT2D eigenvalue weighted by atomic mass is 9.98. The van der Waals surface area contributed by atoms with Crippen LogP contribution in [0.2, 0.25) is 0 Å². The number of benzene rings is 3. The molecule has 4 rings (SSSR count). The Morgan fingerprint density at radius 1 is 0.673 bits per heavy atom. The minimum absolute atomic E-state index is 0.178. The van der Waals surface area contributed by atoms with Crippen molar-refractivity contribution in [3.8, 4) is 0 Å². The monoisotopic (exact) mass is 676 g/mol. The summed E-state index contributed by atoms with van der Waals surface area (Å²) < 4.78 is 32.0. The standard InChI is InChI=1S/C36H36O13/c1-21(37)44-20-30-31(45-22(2)38)32(46-23(3)39)33(47-24(4)40)35(48-30)49-36(42,43)34(41)28-16-15-27(17-25-11-7-5-8-12-25)29(19-28)18-26-13-9-6-10-14-26/h5-19,30-33,35,42-43H,20H2,1-4H3/t30-,31-,32+,33-,35+/m1/s1. The maximum Gasteiger partial charge on any atom is 0.348 e. The first kappa shape index (κ1) is 36.6. The number of aliphatic hydroxyl groups is 2. The molecule has 0 spiro atoms. The van der Waals surface area contributed by atoms with Gasteiger partial charge in [-0.15, -0.1) is 0 Å². The molecule has 1 aliphatic rings. The molecule has 1 fully saturated rings. The number of rotatable bonds is 11. The van der Waals surface area contributed by atoms with Gasteiger partial charge in [0.05, 0.1) is 0 Å². The summed E-state index contributed by atoms with van der Waals surface area (Å²) >= 11 is 0. The van der Waals surface area contributed by atoms with Crippen molar-refractivity contribution in [1.82, 2.24) is 0 Å². The number of Topliss-reactive ketones (excluding diaryl/α,β-unsaturated/α-hetero) is 1. The zero-order valence-corrected chi connectivity index (χ0v) is 27.1. The molecule has 3 aromatic carbocycles. The van der Waals surface area contributed by atoms with E-state index < -0.39 is 72.9 Å². The highest BCUT2D eigenvalue weighted by Gasteiger charge is 2.55. The van der Waals surface area contributed by atoms with Gasteiger partial charge in [0, 0.05) is 33.3 Å². The van der Waals surface area contributed by atoms with Crippen LogP contribution < -0.4 is 10.4 Å². The van der Waals surface area contributed by atoms with Gasteiger partial charge in [-0.05, 0) is 39.8 Å². The van der Waals surface area contributed by atoms with Gasteiger partial charge in [0.15, 0.2) is 18.3 Å². The fourth-order valence-electron chi connectivity index (χ4n) is 5.12. The molecule has 0 amide bonds. The molecule has 5 atom stereocenters. The average Bonchev–Trinajstić information content (AvgIpc) is 3.03. The fraction of sp³-hybridized carbons (Fsp3) is 0.306. The molecule has 258 valence electrons. The van der Waals surface area contributed by atoms with Crippen LogP contribution in [0.25, 0.3) is 12.2 Å². The number of esters is 4. The molecule has 2 N–H and O–H groups in total. The van der Waals surface area contributed by atoms with Crippen LogP contribution in [0.5, 0.6) is 0 Å². The summed E-state index contributed by atoms with van der Waals surface area (Å²) in [6.45, 7) is 3.59. The minimum Gasteiger partial charge on any atom is -0.463 e. The first-order chi connectivity index (χ1) is 23.2. The Morgan fingerprint density at radius 2 is 1.18 bits per heavy atom. The largest absolute Gasteiger partial charge is 0.463 e. The van der Waals surface area contributed by atoms with E-state index >= 15 is 0 Å². The lowest BCUT2D eigenvalue weighted by molar-refractivity contribution is -0.397. The van der Waals surface area contributed by atoms with Gasteiger partial charge in [-0.2, -0.15) is 0 Å². The van der Waals surface area contributed by atoms with E-state index in [1.54, 1.807) is 6.07 Å². The highest BCUT2D eigenvalue weighted by Crippen LogP contribution is 2.32. The summed E-state index contributed by atoms with van der Waals surface area (Å²) in [5, 5.41) is 23.4. The Balaban J connectivity index is 1.75. The number of carbonyl (C=O) groups excluding carboxylic acids is 5. The van der Waals surface area contributed by atoms with Crippen LogP contribution in [0, 0.1) is 0 Å². The van der Waals surface area contributed by atoms with Crippen LogP contribution in [0.15, 0.2) is 78.9 Å². The van der Waals surface area contributed by atoms with Crippen LogP contribution >= 0.6 is 0 Å². The van der Waals surface area contributed by atoms with Crippen LogP contribution in [-0.4, -0.2) is 83.2 Å². The van der Waals surface area contributed by atoms with Gasteiger partial charge < -0.3 is 33.9 Å². The Morgan fingerprint density at radius 3 is 1.71 bits per heavy atom. The molecule has 0 unspecified atom stereocenters. The molecular weight excluding hydrogens is 640 g/mol. The van der Waals surface area contributed by atoms with E-state index in [1.165, 1.54) is 12.1 Å². The number of ketones is 1. The topological polar surface area (TPSA) is 181 Å². The van der Waals surface area contributed by atoms with E-state index in [4.69, 9.17) is 28.4 Å². The minimum atomic E-state index is -3.61. The third kappa shape index (κ3) is 10.1. The van der Waals surface area contributed by atoms with Gasteiger partial charge in [-0.3, -0.25) is 28.7 Å². The van der Waals surface area contributed by atoms with Gasteiger partial charge >= 0.3 is 29.9 Å². The summed E-state index contributed by atoms with van der Waals surface area (Å²) in [4.78, 5) is 61.5. The lowest BCUT2D eigenvalue weighted by Gasteiger charge is -2.44. The molecule has 0 saturated carbocycles. The Kier molecular flexibility index (Phi) is 12.2. The molecule has 3 aromatic rings. The van der Waals surface area contributed by atoms with Crippen LogP contribution in [-0.2, 0) is 47.6 Å². The number of hydrogen-bond donors (Lipinski definition) is 2. The summed E-state index contributed by atoms with van der Waals surface area (Å²) in [6, 6.07) is 23.1. The molecule has 0 aromatic heterocycles. The summed E-state index contributed by atoms with van der Waals surface area (Å²) in [7, 11) is 0. The normalized spacial score (nSPS) is 21.4. The van der Waals surface area contributed by atoms with Crippen LogP contribution in [0.1, 0.15) is 49.2 Å². The van der Waals surface area contributed by atoms with Gasteiger partial charge in [-0.1, -0.05) is 72.8 Å². The van der Waals surface area contributed by atoms with Crippen molar-refractivity contribution < 1.29 is 62.6 Å². The molecule has 49 heavy (non-hydrogen) atoms. The molecule has 1 aliphatic heterocycles. The molecular formula is C36H36O13. The number of hydrogen-bond acceptors (Lipinski definition) is 13. The molecule has 0 aliphatic carbocycles. The van der Waals surface area contributed by atoms with Gasteiger partial charge in [0.1, 0.15) is 12.7 Å². The van der Waals surface area contributed by atoms with Crippen molar-refractivity contribution >= 4 is 41.8 Å². The van der Waals surface area contributed by atoms with E-state index in [-0.39, 0.29) is 5.56 Å². The Bertz CT molecular complexity index is 1790. The zero-order valence-electron chi connectivity index (χ0n) is 27.1. The smallest absolute Gasteiger partial charge is 0.348 e. The predicted molar refractivity (Wildman–Crippen MR) is 170 cm³/mol. The van der Waals surface area contributed by atoms with Crippen molar-refractivity contribution in [1.29, 1.82) is 0 Å². The Labute approximate surface area is 281 Å². The maximum atomic E-state index is 13.7. The maximum absolute atomic E-state index is 13.7. The second-order valence-electron chi connectivity index (χ2n) is 11.1. The van der Waals surface area contributed by atoms with Gasteiger partial charge in [-0.25, -0.2) is 0 Å². The quantitative estimate of drug-likeness (QED) is 0.128. The molecule has 0 radical (unpaired) electrons. The zero-order chi connectivity index (χ0) is 35.7. The van der Waals surface area contributed by atoms with Crippen molar-refractivity contribution in [3.05, 3.63) is 106 Å². The van der Waals surface area contributed by atoms with E-state index in [0.29, 0.717) is 10.4 Å². The second kappa shape index (κ2) is 16.3. The molecule has 1 heterocycles. The van der Waals surface area contributed by atoms with Crippen molar-refractivity contribution in [2.75, 3.05) is 6.61 Å².